The van der Waals surface area contributed by atoms with Crippen LogP contribution in [0.5, 0.6) is 0 Å². The van der Waals surface area contributed by atoms with Crippen LogP contribution in [0.15, 0.2) is 24.4 Å². The van der Waals surface area contributed by atoms with Crippen molar-refractivity contribution < 1.29 is 19.1 Å². The lowest BCUT2D eigenvalue weighted by atomic mass is 9.96. The minimum Gasteiger partial charge on any atom is -0.451 e. The molecule has 0 aromatic carbocycles. The van der Waals surface area contributed by atoms with Crippen LogP contribution in [0.4, 0.5) is 10.7 Å². The van der Waals surface area contributed by atoms with E-state index in [2.05, 4.69) is 15.6 Å². The topological polar surface area (TPSA) is 97.4 Å². The summed E-state index contributed by atoms with van der Waals surface area (Å²) >= 11 is 6.96. The Hall–Kier alpha value is -2.45. The maximum atomic E-state index is 12.2. The van der Waals surface area contributed by atoms with Gasteiger partial charge in [-0.1, -0.05) is 32.4 Å². The lowest BCUT2D eigenvalue weighted by Gasteiger charge is -2.16. The van der Waals surface area contributed by atoms with Crippen LogP contribution in [0.1, 0.15) is 36.0 Å². The highest BCUT2D eigenvalue weighted by Gasteiger charge is 2.23. The van der Waals surface area contributed by atoms with Crippen LogP contribution < -0.4 is 10.6 Å². The fourth-order valence-electron chi connectivity index (χ4n) is 1.91. The molecule has 144 valence electrons. The first-order chi connectivity index (χ1) is 12.6. The van der Waals surface area contributed by atoms with E-state index in [-0.39, 0.29) is 11.1 Å². The van der Waals surface area contributed by atoms with Crippen LogP contribution in [0, 0.1) is 12.3 Å². The number of hydrogen-bond acceptors (Lipinski definition) is 6. The Morgan fingerprint density at radius 3 is 2.59 bits per heavy atom. The number of hydrogen-bond donors (Lipinski definition) is 2. The molecule has 7 nitrogen and oxygen atoms in total. The van der Waals surface area contributed by atoms with Crippen molar-refractivity contribution in [2.75, 3.05) is 17.2 Å². The number of thiophene rings is 1. The molecule has 0 aliphatic rings. The molecule has 9 heteroatoms. The van der Waals surface area contributed by atoms with E-state index in [4.69, 9.17) is 16.3 Å². The second kappa shape index (κ2) is 8.49. The SMILES string of the molecule is Cc1cc(NC(=O)C(C)(C)C)sc1C(=O)OCC(=O)Nc1cccnc1Cl. The first kappa shape index (κ1) is 20.9. The van der Waals surface area contributed by atoms with Gasteiger partial charge in [0.1, 0.15) is 4.88 Å². The number of ether oxygens (including phenoxy) is 1. The van der Waals surface area contributed by atoms with Crippen LogP contribution in [0.3, 0.4) is 0 Å². The van der Waals surface area contributed by atoms with Gasteiger partial charge in [0.05, 0.1) is 10.7 Å². The van der Waals surface area contributed by atoms with E-state index >= 15 is 0 Å². The minimum atomic E-state index is -0.638. The van der Waals surface area contributed by atoms with Crippen molar-refractivity contribution in [3.63, 3.8) is 0 Å². The average Bonchev–Trinajstić information content (AvgIpc) is 2.94. The van der Waals surface area contributed by atoms with Gasteiger partial charge in [-0.3, -0.25) is 9.59 Å². The molecule has 0 saturated heterocycles. The number of carbonyl (C=O) groups is 3. The smallest absolute Gasteiger partial charge is 0.349 e. The summed E-state index contributed by atoms with van der Waals surface area (Å²) in [5, 5.41) is 5.98. The zero-order valence-corrected chi connectivity index (χ0v) is 17.0. The monoisotopic (exact) mass is 409 g/mol. The van der Waals surface area contributed by atoms with Gasteiger partial charge in [0, 0.05) is 11.6 Å². The third-order valence-electron chi connectivity index (χ3n) is 3.39. The quantitative estimate of drug-likeness (QED) is 0.576. The van der Waals surface area contributed by atoms with Gasteiger partial charge in [-0.2, -0.15) is 0 Å². The van der Waals surface area contributed by atoms with Crippen molar-refractivity contribution in [3.8, 4) is 0 Å². The first-order valence-corrected chi connectivity index (χ1v) is 9.26. The summed E-state index contributed by atoms with van der Waals surface area (Å²) in [7, 11) is 0. The zero-order valence-electron chi connectivity index (χ0n) is 15.4. The largest absolute Gasteiger partial charge is 0.451 e. The van der Waals surface area contributed by atoms with Crippen molar-refractivity contribution in [1.82, 2.24) is 4.98 Å². The second-order valence-corrected chi connectivity index (χ2v) is 8.20. The number of rotatable bonds is 5. The number of anilines is 2. The molecule has 0 bridgehead atoms. The van der Waals surface area contributed by atoms with Crippen molar-refractivity contribution in [2.45, 2.75) is 27.7 Å². The Labute approximate surface area is 166 Å². The Morgan fingerprint density at radius 2 is 1.96 bits per heavy atom. The summed E-state index contributed by atoms with van der Waals surface area (Å²) in [4.78, 5) is 40.4. The summed E-state index contributed by atoms with van der Waals surface area (Å²) in [6.07, 6.45) is 1.49. The van der Waals surface area contributed by atoms with E-state index in [1.165, 1.54) is 6.20 Å². The molecule has 0 radical (unpaired) electrons. The molecule has 0 atom stereocenters. The fourth-order valence-corrected chi connectivity index (χ4v) is 3.04. The molecule has 0 aliphatic carbocycles. The summed E-state index contributed by atoms with van der Waals surface area (Å²) < 4.78 is 5.05. The Balaban J connectivity index is 1.95. The standard InChI is InChI=1S/C18H20ClN3O4S/c1-10-8-13(22-17(25)18(2,3)4)27-14(10)16(24)26-9-12(23)21-11-6-5-7-20-15(11)19/h5-8H,9H2,1-4H3,(H,21,23)(H,22,25). The molecule has 2 heterocycles. The lowest BCUT2D eigenvalue weighted by Crippen LogP contribution is -2.27. The van der Waals surface area contributed by atoms with Gasteiger partial charge in [0.2, 0.25) is 5.91 Å². The minimum absolute atomic E-state index is 0.144. The van der Waals surface area contributed by atoms with E-state index in [0.29, 0.717) is 21.1 Å². The predicted octanol–water partition coefficient (Wildman–Crippen LogP) is 3.89. The summed E-state index contributed by atoms with van der Waals surface area (Å²) in [5.74, 6) is -1.33. The maximum absolute atomic E-state index is 12.2. The molecule has 0 saturated carbocycles. The van der Waals surface area contributed by atoms with Crippen LogP contribution in [-0.4, -0.2) is 29.4 Å². The Morgan fingerprint density at radius 1 is 1.26 bits per heavy atom. The predicted molar refractivity (Wildman–Crippen MR) is 105 cm³/mol. The van der Waals surface area contributed by atoms with Crippen LogP contribution in [0.25, 0.3) is 0 Å². The van der Waals surface area contributed by atoms with E-state index in [0.717, 1.165) is 11.3 Å². The van der Waals surface area contributed by atoms with Crippen LogP contribution in [-0.2, 0) is 14.3 Å². The number of aryl methyl sites for hydroxylation is 1. The van der Waals surface area contributed by atoms with Gasteiger partial charge >= 0.3 is 5.97 Å². The van der Waals surface area contributed by atoms with Crippen molar-refractivity contribution >= 4 is 51.4 Å². The third kappa shape index (κ3) is 5.77. The van der Waals surface area contributed by atoms with E-state index in [1.54, 1.807) is 45.9 Å². The highest BCUT2D eigenvalue weighted by atomic mass is 35.5. The number of halogens is 1. The average molecular weight is 410 g/mol. The summed E-state index contributed by atoms with van der Waals surface area (Å²) in [6.45, 7) is 6.65. The number of nitrogens with one attached hydrogen (secondary N) is 2. The molecular weight excluding hydrogens is 390 g/mol. The van der Waals surface area contributed by atoms with Gasteiger partial charge < -0.3 is 15.4 Å². The zero-order chi connectivity index (χ0) is 20.2. The molecule has 0 unspecified atom stereocenters. The highest BCUT2D eigenvalue weighted by molar-refractivity contribution is 7.18. The van der Waals surface area contributed by atoms with Crippen molar-refractivity contribution in [1.29, 1.82) is 0 Å². The van der Waals surface area contributed by atoms with Crippen molar-refractivity contribution in [3.05, 3.63) is 40.0 Å². The Bertz CT molecular complexity index is 874. The number of pyridine rings is 1. The number of esters is 1. The molecule has 27 heavy (non-hydrogen) atoms. The Kier molecular flexibility index (Phi) is 6.56. The molecule has 0 fully saturated rings. The molecule has 2 aromatic heterocycles. The number of amides is 2. The van der Waals surface area contributed by atoms with Crippen LogP contribution >= 0.6 is 22.9 Å². The number of nitrogens with zero attached hydrogens (tertiary/aromatic N) is 1. The molecule has 2 aromatic rings. The van der Waals surface area contributed by atoms with Gasteiger partial charge in [0.25, 0.3) is 5.91 Å². The van der Waals surface area contributed by atoms with Gasteiger partial charge in [-0.15, -0.1) is 11.3 Å². The number of aromatic nitrogens is 1. The second-order valence-electron chi connectivity index (χ2n) is 6.79. The third-order valence-corrected chi connectivity index (χ3v) is 4.82. The molecule has 2 amide bonds. The van der Waals surface area contributed by atoms with E-state index in [1.807, 2.05) is 0 Å². The fraction of sp³-hybridized carbons (Fsp3) is 0.333. The molecule has 2 rings (SSSR count). The molecule has 0 spiro atoms. The molecular formula is C18H20ClN3O4S. The number of carbonyl (C=O) groups excluding carboxylic acids is 3. The molecule has 2 N–H and O–H groups in total. The van der Waals surface area contributed by atoms with E-state index < -0.39 is 23.9 Å². The normalized spacial score (nSPS) is 11.0. The summed E-state index contributed by atoms with van der Waals surface area (Å²) in [5.41, 5.74) is 0.439. The van der Waals surface area contributed by atoms with Crippen molar-refractivity contribution in [2.24, 2.45) is 5.41 Å². The van der Waals surface area contributed by atoms with E-state index in [9.17, 15) is 14.4 Å². The van der Waals surface area contributed by atoms with Gasteiger partial charge in [-0.05, 0) is 30.7 Å². The first-order valence-electron chi connectivity index (χ1n) is 8.07. The maximum Gasteiger partial charge on any atom is 0.349 e. The molecule has 0 aliphatic heterocycles. The van der Waals surface area contributed by atoms with Gasteiger partial charge in [-0.25, -0.2) is 9.78 Å². The van der Waals surface area contributed by atoms with Gasteiger partial charge in [0.15, 0.2) is 11.8 Å². The summed E-state index contributed by atoms with van der Waals surface area (Å²) in [6, 6.07) is 4.90. The lowest BCUT2D eigenvalue weighted by molar-refractivity contribution is -0.123. The van der Waals surface area contributed by atoms with Crippen LogP contribution in [0.2, 0.25) is 5.15 Å². The highest BCUT2D eigenvalue weighted by Crippen LogP contribution is 2.29.